The molecule has 0 saturated heterocycles. The van der Waals surface area contributed by atoms with E-state index in [2.05, 4.69) is 4.52 Å². The quantitative estimate of drug-likeness (QED) is 0.423. The highest BCUT2D eigenvalue weighted by molar-refractivity contribution is 7.46. The molecule has 3 N–H and O–H groups in total. The van der Waals surface area contributed by atoms with E-state index < -0.39 is 13.8 Å². The maximum atomic E-state index is 10.2. The van der Waals surface area contributed by atoms with Gasteiger partial charge >= 0.3 is 13.8 Å². The Morgan fingerprint density at radius 1 is 1.14 bits per heavy atom. The minimum atomic E-state index is -4.33. The molecule has 0 bridgehead atoms. The minimum Gasteiger partial charge on any atom is -0.481 e. The van der Waals surface area contributed by atoms with Crippen LogP contribution >= 0.6 is 7.82 Å². The van der Waals surface area contributed by atoms with Crippen LogP contribution in [0.2, 0.25) is 0 Å². The van der Waals surface area contributed by atoms with Gasteiger partial charge in [0.25, 0.3) is 0 Å². The second-order valence-electron chi connectivity index (χ2n) is 2.88. The molecule has 0 aliphatic carbocycles. The molecule has 0 aliphatic heterocycles. The molecule has 0 saturated carbocycles. The SMILES string of the molecule is O=C(O)CCCCCCOP(=O)(O)O. The van der Waals surface area contributed by atoms with Gasteiger partial charge in [-0.15, -0.1) is 0 Å². The molecule has 6 nitrogen and oxygen atoms in total. The second kappa shape index (κ2) is 6.95. The minimum absolute atomic E-state index is 0.0113. The first kappa shape index (κ1) is 13.6. The van der Waals surface area contributed by atoms with Crippen molar-refractivity contribution in [3.05, 3.63) is 0 Å². The molecule has 0 unspecified atom stereocenters. The highest BCUT2D eigenvalue weighted by atomic mass is 31.2. The van der Waals surface area contributed by atoms with Gasteiger partial charge in [-0.05, 0) is 12.8 Å². The normalized spacial score (nSPS) is 11.6. The molecule has 0 atom stereocenters. The van der Waals surface area contributed by atoms with Crippen LogP contribution in [0.3, 0.4) is 0 Å². The molecule has 0 radical (unpaired) electrons. The van der Waals surface area contributed by atoms with Gasteiger partial charge in [-0.1, -0.05) is 12.8 Å². The zero-order valence-electron chi connectivity index (χ0n) is 7.76. The molecule has 0 amide bonds. The summed E-state index contributed by atoms with van der Waals surface area (Å²) < 4.78 is 14.4. The van der Waals surface area contributed by atoms with Crippen LogP contribution in [0.1, 0.15) is 32.1 Å². The van der Waals surface area contributed by atoms with Crippen molar-refractivity contribution in [3.8, 4) is 0 Å². The van der Waals surface area contributed by atoms with Gasteiger partial charge in [-0.2, -0.15) is 0 Å². The maximum Gasteiger partial charge on any atom is 0.469 e. The summed E-state index contributed by atoms with van der Waals surface area (Å²) in [6.07, 6.45) is 2.71. The number of unbranched alkanes of at least 4 members (excludes halogenated alkanes) is 3. The van der Waals surface area contributed by atoms with Gasteiger partial charge in [0.2, 0.25) is 0 Å². The number of hydrogen-bond donors (Lipinski definition) is 3. The van der Waals surface area contributed by atoms with E-state index in [0.717, 1.165) is 6.42 Å². The third-order valence-corrected chi connectivity index (χ3v) is 2.06. The van der Waals surface area contributed by atoms with E-state index in [-0.39, 0.29) is 13.0 Å². The summed E-state index contributed by atoms with van der Waals surface area (Å²) in [4.78, 5) is 26.7. The molecule has 0 heterocycles. The highest BCUT2D eigenvalue weighted by Crippen LogP contribution is 2.35. The van der Waals surface area contributed by atoms with Crippen LogP contribution in [0.5, 0.6) is 0 Å². The molecule has 0 aromatic heterocycles. The van der Waals surface area contributed by atoms with Crippen molar-refractivity contribution >= 4 is 13.8 Å². The van der Waals surface area contributed by atoms with Crippen LogP contribution in [-0.2, 0) is 13.9 Å². The molecule has 84 valence electrons. The number of carboxylic acid groups (broad SMARTS) is 1. The largest absolute Gasteiger partial charge is 0.481 e. The maximum absolute atomic E-state index is 10.2. The summed E-state index contributed by atoms with van der Waals surface area (Å²) >= 11 is 0. The molecule has 0 aromatic rings. The third-order valence-electron chi connectivity index (χ3n) is 1.54. The predicted molar refractivity (Wildman–Crippen MR) is 48.7 cm³/mol. The summed E-state index contributed by atoms with van der Waals surface area (Å²) in [5.74, 6) is -0.823. The van der Waals surface area contributed by atoms with Crippen molar-refractivity contribution in [2.24, 2.45) is 0 Å². The first-order valence-electron chi connectivity index (χ1n) is 4.34. The van der Waals surface area contributed by atoms with E-state index in [9.17, 15) is 9.36 Å². The van der Waals surface area contributed by atoms with E-state index >= 15 is 0 Å². The Kier molecular flexibility index (Phi) is 6.74. The molecular formula is C7H15O6P. The standard InChI is InChI=1S/C7H15O6P/c8-7(9)5-3-1-2-4-6-13-14(10,11)12/h1-6H2,(H,8,9)(H2,10,11,12). The molecule has 0 spiro atoms. The number of aliphatic carboxylic acids is 1. The number of hydrogen-bond acceptors (Lipinski definition) is 3. The van der Waals surface area contributed by atoms with Gasteiger partial charge in [0, 0.05) is 6.42 Å². The molecular weight excluding hydrogens is 211 g/mol. The highest BCUT2D eigenvalue weighted by Gasteiger charge is 2.12. The van der Waals surface area contributed by atoms with Crippen molar-refractivity contribution in [1.29, 1.82) is 0 Å². The van der Waals surface area contributed by atoms with Crippen LogP contribution < -0.4 is 0 Å². The molecule has 0 rings (SSSR count). The zero-order chi connectivity index (χ0) is 11.0. The molecule has 7 heteroatoms. The van der Waals surface area contributed by atoms with Crippen molar-refractivity contribution in [3.63, 3.8) is 0 Å². The first-order chi connectivity index (χ1) is 6.42. The van der Waals surface area contributed by atoms with Crippen molar-refractivity contribution < 1.29 is 28.8 Å². The molecule has 0 fully saturated rings. The van der Waals surface area contributed by atoms with Crippen molar-refractivity contribution in [2.45, 2.75) is 32.1 Å². The van der Waals surface area contributed by atoms with Gasteiger partial charge in [0.15, 0.2) is 0 Å². The number of phosphoric acid groups is 1. The van der Waals surface area contributed by atoms with E-state index in [4.69, 9.17) is 14.9 Å². The molecule has 14 heavy (non-hydrogen) atoms. The zero-order valence-corrected chi connectivity index (χ0v) is 8.65. The second-order valence-corrected chi connectivity index (χ2v) is 4.12. The van der Waals surface area contributed by atoms with Gasteiger partial charge < -0.3 is 14.9 Å². The van der Waals surface area contributed by atoms with Crippen LogP contribution in [-0.4, -0.2) is 27.5 Å². The Balaban J connectivity index is 3.15. The van der Waals surface area contributed by atoms with Crippen LogP contribution in [0.4, 0.5) is 0 Å². The first-order valence-corrected chi connectivity index (χ1v) is 5.87. The van der Waals surface area contributed by atoms with E-state index in [1.165, 1.54) is 0 Å². The fourth-order valence-corrected chi connectivity index (χ4v) is 1.28. The van der Waals surface area contributed by atoms with Crippen LogP contribution in [0.15, 0.2) is 0 Å². The van der Waals surface area contributed by atoms with Crippen LogP contribution in [0, 0.1) is 0 Å². The lowest BCUT2D eigenvalue weighted by atomic mass is 10.1. The smallest absolute Gasteiger partial charge is 0.469 e. The number of phosphoric ester groups is 1. The number of carbonyl (C=O) groups is 1. The summed E-state index contributed by atoms with van der Waals surface area (Å²) in [5.41, 5.74) is 0. The fourth-order valence-electron chi connectivity index (χ4n) is 0.915. The lowest BCUT2D eigenvalue weighted by Gasteiger charge is -2.04. The van der Waals surface area contributed by atoms with Crippen molar-refractivity contribution in [2.75, 3.05) is 6.61 Å². The molecule has 0 aromatic carbocycles. The number of rotatable bonds is 8. The Labute approximate surface area is 82.1 Å². The Morgan fingerprint density at radius 3 is 2.21 bits per heavy atom. The Hall–Kier alpha value is -0.420. The van der Waals surface area contributed by atoms with Gasteiger partial charge in [-0.25, -0.2) is 4.57 Å². The van der Waals surface area contributed by atoms with E-state index in [1.807, 2.05) is 0 Å². The Morgan fingerprint density at radius 2 is 1.71 bits per heavy atom. The third kappa shape index (κ3) is 11.6. The monoisotopic (exact) mass is 226 g/mol. The molecule has 0 aliphatic rings. The summed E-state index contributed by atoms with van der Waals surface area (Å²) in [6, 6.07) is 0. The van der Waals surface area contributed by atoms with Gasteiger partial charge in [-0.3, -0.25) is 9.32 Å². The van der Waals surface area contributed by atoms with Crippen LogP contribution in [0.25, 0.3) is 0 Å². The average molecular weight is 226 g/mol. The number of carboxylic acids is 1. The predicted octanol–water partition coefficient (Wildman–Crippen LogP) is 1.13. The summed E-state index contributed by atoms with van der Waals surface area (Å²) in [6.45, 7) is 0.0113. The fraction of sp³-hybridized carbons (Fsp3) is 0.857. The lowest BCUT2D eigenvalue weighted by molar-refractivity contribution is -0.137. The summed E-state index contributed by atoms with van der Waals surface area (Å²) in [5, 5.41) is 8.30. The lowest BCUT2D eigenvalue weighted by Crippen LogP contribution is -1.95. The van der Waals surface area contributed by atoms with Gasteiger partial charge in [0.05, 0.1) is 6.61 Å². The topological polar surface area (TPSA) is 104 Å². The summed E-state index contributed by atoms with van der Waals surface area (Å²) in [7, 11) is -4.33. The van der Waals surface area contributed by atoms with Gasteiger partial charge in [0.1, 0.15) is 0 Å². The van der Waals surface area contributed by atoms with E-state index in [0.29, 0.717) is 19.3 Å². The average Bonchev–Trinajstić information content (AvgIpc) is 2.00. The Bertz CT molecular complexity index is 210. The van der Waals surface area contributed by atoms with Crippen molar-refractivity contribution in [1.82, 2.24) is 0 Å². The van der Waals surface area contributed by atoms with E-state index in [1.54, 1.807) is 0 Å².